The second-order valence-electron chi connectivity index (χ2n) is 15.6. The summed E-state index contributed by atoms with van der Waals surface area (Å²) in [5.74, 6) is -1.17. The van der Waals surface area contributed by atoms with Crippen molar-refractivity contribution in [1.29, 1.82) is 0 Å². The van der Waals surface area contributed by atoms with Crippen molar-refractivity contribution in [3.8, 4) is 0 Å². The molecule has 0 saturated carbocycles. The molecule has 4 aromatic carbocycles. The minimum Gasteiger partial charge on any atom is -0.394 e. The van der Waals surface area contributed by atoms with Crippen molar-refractivity contribution in [2.45, 2.75) is 82.1 Å². The summed E-state index contributed by atoms with van der Waals surface area (Å²) in [6.07, 6.45) is 0.509. The van der Waals surface area contributed by atoms with Gasteiger partial charge in [0.25, 0.3) is 5.91 Å². The Morgan fingerprint density at radius 3 is 2.40 bits per heavy atom. The predicted octanol–water partition coefficient (Wildman–Crippen LogP) is 7.64. The van der Waals surface area contributed by atoms with Crippen molar-refractivity contribution < 1.29 is 28.3 Å². The zero-order valence-electron chi connectivity index (χ0n) is 31.1. The van der Waals surface area contributed by atoms with Crippen LogP contribution in [-0.4, -0.2) is 60.6 Å². The van der Waals surface area contributed by atoms with Gasteiger partial charge in [0.05, 0.1) is 48.8 Å². The van der Waals surface area contributed by atoms with Gasteiger partial charge in [-0.1, -0.05) is 89.6 Å². The van der Waals surface area contributed by atoms with Gasteiger partial charge >= 0.3 is 0 Å². The molecule has 12 heteroatoms. The fourth-order valence-corrected chi connectivity index (χ4v) is 12.1. The number of carbonyl (C=O) groups excluding carboxylic acids is 3. The molecule has 0 aliphatic carbocycles. The number of anilines is 2. The summed E-state index contributed by atoms with van der Waals surface area (Å²) in [5.41, 5.74) is 4.57. The fourth-order valence-electron chi connectivity index (χ4n) is 9.23. The van der Waals surface area contributed by atoms with E-state index >= 15 is 4.11 Å². The number of aliphatic hydroxyl groups is 1. The van der Waals surface area contributed by atoms with E-state index in [-0.39, 0.29) is 37.3 Å². The Morgan fingerprint density at radius 2 is 1.69 bits per heavy atom. The van der Waals surface area contributed by atoms with E-state index in [2.05, 4.69) is 15.9 Å². The first-order valence-corrected chi connectivity index (χ1v) is 22.6. The second-order valence-corrected chi connectivity index (χ2v) is 20.4. The topological polar surface area (TPSA) is 103 Å². The SMILES string of the molecule is C[C@H]1[C@H]([Si](C)(C)F)[C@@H](CC(=O)N2Cc3ccccc3C[C@H]2CO)O[C@]12C(=O)N(Cc1ccc(N3N=C(c4ccccc4)CCC3=O)cc1)c1ccc(Br)cc12. The van der Waals surface area contributed by atoms with Crippen LogP contribution >= 0.6 is 15.9 Å². The zero-order chi connectivity index (χ0) is 38.6. The van der Waals surface area contributed by atoms with E-state index in [0.29, 0.717) is 42.7 Å². The van der Waals surface area contributed by atoms with E-state index in [9.17, 15) is 19.5 Å². The highest BCUT2D eigenvalue weighted by Gasteiger charge is 2.67. The standard InChI is InChI=1S/C43H44BrFN4O5Si/c1-27-41(55(2,3)45)38(23-40(52)47-25-31-12-8-7-11-30(31)21-34(47)26-50)54-43(27)35-22-32(44)15-19-37(35)48(42(43)53)24-28-13-16-33(17-14-28)49-39(51)20-18-36(46-49)29-9-5-4-6-10-29/h4-17,19,22,27,34,38,41,50H,18,20-21,23-26H2,1-3H3/t27-,34-,38+,41-,43+/m0/s1. The molecule has 4 aromatic rings. The molecule has 8 rings (SSSR count). The summed E-state index contributed by atoms with van der Waals surface area (Å²) >= 11 is 3.60. The molecule has 0 aromatic heterocycles. The van der Waals surface area contributed by atoms with Gasteiger partial charge in [-0.2, -0.15) is 5.10 Å². The molecular formula is C43H44BrFN4O5Si. The molecular weight excluding hydrogens is 779 g/mol. The summed E-state index contributed by atoms with van der Waals surface area (Å²) in [7, 11) is -3.53. The Morgan fingerprint density at radius 1 is 0.982 bits per heavy atom. The van der Waals surface area contributed by atoms with Crippen LogP contribution in [-0.2, 0) is 44.2 Å². The summed E-state index contributed by atoms with van der Waals surface area (Å²) in [6.45, 7) is 5.52. The molecule has 4 aliphatic rings. The second kappa shape index (κ2) is 14.5. The quantitative estimate of drug-likeness (QED) is 0.146. The Hall–Kier alpha value is -4.49. The summed E-state index contributed by atoms with van der Waals surface area (Å²) in [4.78, 5) is 45.5. The van der Waals surface area contributed by atoms with E-state index < -0.39 is 37.6 Å². The van der Waals surface area contributed by atoms with Gasteiger partial charge in [0.2, 0.25) is 20.2 Å². The first-order valence-electron chi connectivity index (χ1n) is 18.9. The number of aliphatic hydroxyl groups excluding tert-OH is 1. The van der Waals surface area contributed by atoms with Crippen LogP contribution in [0.15, 0.2) is 107 Å². The molecule has 0 unspecified atom stereocenters. The lowest BCUT2D eigenvalue weighted by Crippen LogP contribution is -2.48. The molecule has 9 nitrogen and oxygen atoms in total. The molecule has 0 bridgehead atoms. The van der Waals surface area contributed by atoms with Gasteiger partial charge in [0.1, 0.15) is 0 Å². The van der Waals surface area contributed by atoms with Crippen LogP contribution in [0.25, 0.3) is 0 Å². The highest BCUT2D eigenvalue weighted by Crippen LogP contribution is 2.60. The van der Waals surface area contributed by atoms with Crippen LogP contribution in [0.5, 0.6) is 0 Å². The van der Waals surface area contributed by atoms with Crippen LogP contribution < -0.4 is 9.91 Å². The van der Waals surface area contributed by atoms with Crippen molar-refractivity contribution in [2.24, 2.45) is 11.0 Å². The number of ether oxygens (including phenoxy) is 1. The molecule has 3 amide bonds. The molecule has 1 N–H and O–H groups in total. The minimum absolute atomic E-state index is 0.0881. The molecule has 1 fully saturated rings. The Balaban J connectivity index is 1.07. The Labute approximate surface area is 330 Å². The molecule has 55 heavy (non-hydrogen) atoms. The van der Waals surface area contributed by atoms with Crippen LogP contribution in [0.4, 0.5) is 15.5 Å². The maximum atomic E-state index is 16.6. The van der Waals surface area contributed by atoms with Crippen LogP contribution in [0.3, 0.4) is 0 Å². The third kappa shape index (κ3) is 6.66. The van der Waals surface area contributed by atoms with Crippen LogP contribution in [0.2, 0.25) is 18.6 Å². The van der Waals surface area contributed by atoms with Gasteiger partial charge in [0.15, 0.2) is 5.60 Å². The molecule has 5 atom stereocenters. The maximum Gasteiger partial charge on any atom is 0.264 e. The third-order valence-electron chi connectivity index (χ3n) is 11.8. The largest absolute Gasteiger partial charge is 0.394 e. The molecule has 284 valence electrons. The first kappa shape index (κ1) is 37.4. The van der Waals surface area contributed by atoms with Gasteiger partial charge in [-0.25, -0.2) is 5.01 Å². The van der Waals surface area contributed by atoms with Gasteiger partial charge in [-0.3, -0.25) is 14.4 Å². The Bertz CT molecular complexity index is 2180. The lowest BCUT2D eigenvalue weighted by molar-refractivity contribution is -0.151. The number of benzene rings is 4. The van der Waals surface area contributed by atoms with Crippen LogP contribution in [0.1, 0.15) is 54.0 Å². The monoisotopic (exact) mass is 822 g/mol. The predicted molar refractivity (Wildman–Crippen MR) is 216 cm³/mol. The van der Waals surface area contributed by atoms with Crippen molar-refractivity contribution in [3.05, 3.63) is 129 Å². The van der Waals surface area contributed by atoms with Crippen molar-refractivity contribution in [2.75, 3.05) is 16.5 Å². The van der Waals surface area contributed by atoms with Crippen LogP contribution in [0, 0.1) is 5.92 Å². The van der Waals surface area contributed by atoms with Gasteiger partial charge in [-0.05, 0) is 72.1 Å². The zero-order valence-corrected chi connectivity index (χ0v) is 33.7. The lowest BCUT2D eigenvalue weighted by atomic mass is 9.82. The minimum atomic E-state index is -3.53. The molecule has 4 heterocycles. The molecule has 1 spiro atoms. The van der Waals surface area contributed by atoms with Crippen molar-refractivity contribution >= 4 is 59.1 Å². The number of carbonyl (C=O) groups is 3. The number of hydrazone groups is 1. The number of hydrogen-bond acceptors (Lipinski definition) is 6. The van der Waals surface area contributed by atoms with E-state index in [1.807, 2.05) is 104 Å². The highest BCUT2D eigenvalue weighted by atomic mass is 79.9. The average molecular weight is 824 g/mol. The first-order chi connectivity index (χ1) is 26.4. The summed E-state index contributed by atoms with van der Waals surface area (Å²) in [6, 6.07) is 30.4. The van der Waals surface area contributed by atoms with Gasteiger partial charge < -0.3 is 23.8 Å². The van der Waals surface area contributed by atoms with Crippen molar-refractivity contribution in [1.82, 2.24) is 4.90 Å². The van der Waals surface area contributed by atoms with E-state index in [0.717, 1.165) is 32.4 Å². The number of halogens is 2. The maximum absolute atomic E-state index is 16.6. The third-order valence-corrected chi connectivity index (χ3v) is 14.8. The van der Waals surface area contributed by atoms with E-state index in [1.54, 1.807) is 22.9 Å². The highest BCUT2D eigenvalue weighted by molar-refractivity contribution is 9.10. The Kier molecular flexibility index (Phi) is 9.90. The molecule has 4 aliphatic heterocycles. The molecule has 0 radical (unpaired) electrons. The van der Waals surface area contributed by atoms with E-state index in [4.69, 9.17) is 9.84 Å². The number of fused-ring (bicyclic) bond motifs is 3. The molecule has 1 saturated heterocycles. The van der Waals surface area contributed by atoms with Gasteiger partial charge in [-0.15, -0.1) is 0 Å². The normalized spacial score (nSPS) is 25.0. The van der Waals surface area contributed by atoms with Crippen molar-refractivity contribution in [3.63, 3.8) is 0 Å². The smallest absolute Gasteiger partial charge is 0.264 e. The number of rotatable bonds is 8. The van der Waals surface area contributed by atoms with Gasteiger partial charge in [0, 0.05) is 40.9 Å². The summed E-state index contributed by atoms with van der Waals surface area (Å²) in [5, 5.41) is 16.4. The fraction of sp³-hybridized carbons (Fsp3) is 0.349. The average Bonchev–Trinajstić information content (AvgIpc) is 3.60. The number of nitrogens with zero attached hydrogens (tertiary/aromatic N) is 4. The number of hydrogen-bond donors (Lipinski definition) is 1. The summed E-state index contributed by atoms with van der Waals surface area (Å²) < 4.78 is 24.2. The number of amides is 3. The lowest BCUT2D eigenvalue weighted by Gasteiger charge is -2.37. The van der Waals surface area contributed by atoms with E-state index in [1.165, 1.54) is 5.01 Å².